The van der Waals surface area contributed by atoms with Crippen molar-refractivity contribution in [2.24, 2.45) is 12.8 Å². The van der Waals surface area contributed by atoms with Crippen LogP contribution >= 0.6 is 0 Å². The number of imidazole rings is 1. The van der Waals surface area contributed by atoms with Crippen LogP contribution in [0.2, 0.25) is 0 Å². The summed E-state index contributed by atoms with van der Waals surface area (Å²) in [5, 5.41) is 21.2. The Labute approximate surface area is 144 Å². The highest BCUT2D eigenvalue weighted by molar-refractivity contribution is 5.85. The molecule has 138 valence electrons. The van der Waals surface area contributed by atoms with E-state index in [4.69, 9.17) is 11.1 Å². The third kappa shape index (κ3) is 7.33. The first kappa shape index (κ1) is 19.9. The summed E-state index contributed by atoms with van der Waals surface area (Å²) in [6, 6.07) is -1.10. The maximum absolute atomic E-state index is 11.8. The fraction of sp³-hybridized carbons (Fsp3) is 0.500. The van der Waals surface area contributed by atoms with Crippen LogP contribution < -0.4 is 16.4 Å². The number of carboxylic acids is 1. The number of nitrogens with two attached hydrogens (primary N) is 1. The minimum absolute atomic E-state index is 0.0480. The summed E-state index contributed by atoms with van der Waals surface area (Å²) in [4.78, 5) is 39.9. The Bertz CT molecular complexity index is 643. The van der Waals surface area contributed by atoms with Crippen LogP contribution in [0.25, 0.3) is 0 Å². The number of guanidine groups is 1. The zero-order valence-electron chi connectivity index (χ0n) is 14.2. The van der Waals surface area contributed by atoms with E-state index in [0.29, 0.717) is 5.69 Å². The van der Waals surface area contributed by atoms with Crippen LogP contribution in [0.5, 0.6) is 0 Å². The van der Waals surface area contributed by atoms with E-state index in [-0.39, 0.29) is 31.9 Å². The molecule has 0 saturated heterocycles. The SMILES string of the molecule is CN(CC(=O)NCCC(=O)NC(Cc1cn(C)cn1)C(=O)O)C(=N)N. The molecule has 0 saturated carbocycles. The van der Waals surface area contributed by atoms with E-state index in [1.54, 1.807) is 24.1 Å². The number of carbonyl (C=O) groups excluding carboxylic acids is 2. The molecule has 0 aliphatic heterocycles. The number of hydrogen-bond acceptors (Lipinski definition) is 5. The van der Waals surface area contributed by atoms with E-state index in [1.807, 2.05) is 0 Å². The molecule has 1 aromatic heterocycles. The zero-order valence-corrected chi connectivity index (χ0v) is 14.2. The second-order valence-corrected chi connectivity index (χ2v) is 5.53. The summed E-state index contributed by atoms with van der Waals surface area (Å²) in [6.07, 6.45) is 3.22. The van der Waals surface area contributed by atoms with Gasteiger partial charge >= 0.3 is 5.97 Å². The second-order valence-electron chi connectivity index (χ2n) is 5.53. The average molecular weight is 353 g/mol. The van der Waals surface area contributed by atoms with Gasteiger partial charge in [-0.3, -0.25) is 15.0 Å². The van der Waals surface area contributed by atoms with Gasteiger partial charge in [-0.2, -0.15) is 0 Å². The molecule has 0 aliphatic carbocycles. The highest BCUT2D eigenvalue weighted by Crippen LogP contribution is 2.01. The molecule has 1 aromatic rings. The van der Waals surface area contributed by atoms with Crippen molar-refractivity contribution >= 4 is 23.7 Å². The van der Waals surface area contributed by atoms with E-state index in [0.717, 1.165) is 0 Å². The lowest BCUT2D eigenvalue weighted by molar-refractivity contribution is -0.141. The molecule has 0 fully saturated rings. The summed E-state index contributed by atoms with van der Waals surface area (Å²) in [5.41, 5.74) is 5.76. The van der Waals surface area contributed by atoms with Crippen molar-refractivity contribution in [2.75, 3.05) is 20.1 Å². The Hall–Kier alpha value is -3.11. The molecule has 0 bridgehead atoms. The molecule has 1 atom stereocenters. The number of carbonyl (C=O) groups is 3. The molecule has 11 nitrogen and oxygen atoms in total. The maximum atomic E-state index is 11.8. The van der Waals surface area contributed by atoms with Crippen LogP contribution in [0.3, 0.4) is 0 Å². The Morgan fingerprint density at radius 2 is 2.12 bits per heavy atom. The molecule has 0 aromatic carbocycles. The van der Waals surface area contributed by atoms with Crippen molar-refractivity contribution < 1.29 is 19.5 Å². The molecule has 6 N–H and O–H groups in total. The Balaban J connectivity index is 2.39. The van der Waals surface area contributed by atoms with Gasteiger partial charge in [-0.05, 0) is 0 Å². The van der Waals surface area contributed by atoms with E-state index < -0.39 is 23.8 Å². The molecule has 1 heterocycles. The zero-order chi connectivity index (χ0) is 19.0. The summed E-state index contributed by atoms with van der Waals surface area (Å²) < 4.78 is 1.68. The maximum Gasteiger partial charge on any atom is 0.326 e. The molecule has 0 radical (unpaired) electrons. The lowest BCUT2D eigenvalue weighted by Gasteiger charge is -2.16. The predicted molar refractivity (Wildman–Crippen MR) is 88.6 cm³/mol. The molecule has 0 aliphatic rings. The smallest absolute Gasteiger partial charge is 0.326 e. The van der Waals surface area contributed by atoms with E-state index in [1.165, 1.54) is 11.9 Å². The van der Waals surface area contributed by atoms with E-state index >= 15 is 0 Å². The van der Waals surface area contributed by atoms with Gasteiger partial charge in [-0.15, -0.1) is 0 Å². The molecular weight excluding hydrogens is 330 g/mol. The minimum Gasteiger partial charge on any atom is -0.480 e. The number of rotatable bonds is 9. The number of amides is 2. The van der Waals surface area contributed by atoms with Crippen LogP contribution in [0, 0.1) is 5.41 Å². The Morgan fingerprint density at radius 1 is 1.44 bits per heavy atom. The number of aliphatic carboxylic acids is 1. The van der Waals surface area contributed by atoms with Gasteiger partial charge in [0.1, 0.15) is 6.04 Å². The number of aromatic nitrogens is 2. The Kier molecular flexibility index (Phi) is 7.38. The number of carboxylic acid groups (broad SMARTS) is 1. The summed E-state index contributed by atoms with van der Waals surface area (Å²) >= 11 is 0. The number of nitrogens with zero attached hydrogens (tertiary/aromatic N) is 3. The van der Waals surface area contributed by atoms with Gasteiger partial charge in [0.05, 0.1) is 18.6 Å². The largest absolute Gasteiger partial charge is 0.480 e. The van der Waals surface area contributed by atoms with E-state index in [9.17, 15) is 19.5 Å². The first-order valence-corrected chi connectivity index (χ1v) is 7.50. The number of aryl methyl sites for hydroxylation is 1. The van der Waals surface area contributed by atoms with Gasteiger partial charge in [-0.1, -0.05) is 0 Å². The standard InChI is InChI=1S/C14H23N7O4/c1-20-6-9(18-8-20)5-10(13(24)25)19-11(22)3-4-17-12(23)7-21(2)14(15)16/h6,8,10H,3-5,7H2,1-2H3,(H3,15,16)(H,17,23)(H,19,22)(H,24,25). The van der Waals surface area contributed by atoms with Crippen molar-refractivity contribution in [3.05, 3.63) is 18.2 Å². The van der Waals surface area contributed by atoms with Crippen molar-refractivity contribution in [3.8, 4) is 0 Å². The van der Waals surface area contributed by atoms with Crippen LogP contribution in [0.15, 0.2) is 12.5 Å². The third-order valence-electron chi connectivity index (χ3n) is 3.27. The summed E-state index contributed by atoms with van der Waals surface area (Å²) in [7, 11) is 3.25. The van der Waals surface area contributed by atoms with Gasteiger partial charge in [0.2, 0.25) is 11.8 Å². The van der Waals surface area contributed by atoms with Crippen molar-refractivity contribution in [1.82, 2.24) is 25.1 Å². The van der Waals surface area contributed by atoms with Crippen LogP contribution in [-0.2, 0) is 27.9 Å². The van der Waals surface area contributed by atoms with Gasteiger partial charge in [0, 0.05) is 39.7 Å². The third-order valence-corrected chi connectivity index (χ3v) is 3.27. The molecule has 0 spiro atoms. The first-order valence-electron chi connectivity index (χ1n) is 7.50. The summed E-state index contributed by atoms with van der Waals surface area (Å²) in [6.45, 7) is -0.0548. The van der Waals surface area contributed by atoms with Gasteiger partial charge in [0.15, 0.2) is 5.96 Å². The summed E-state index contributed by atoms with van der Waals surface area (Å²) in [5.74, 6) is -2.30. The van der Waals surface area contributed by atoms with Gasteiger partial charge in [0.25, 0.3) is 0 Å². The van der Waals surface area contributed by atoms with Gasteiger partial charge in [-0.25, -0.2) is 9.78 Å². The molecule has 25 heavy (non-hydrogen) atoms. The fourth-order valence-corrected chi connectivity index (χ4v) is 1.92. The van der Waals surface area contributed by atoms with Gasteiger partial charge < -0.3 is 30.9 Å². The van der Waals surface area contributed by atoms with Crippen LogP contribution in [0.4, 0.5) is 0 Å². The molecular formula is C14H23N7O4. The number of nitrogens with one attached hydrogen (secondary N) is 3. The number of likely N-dealkylation sites (N-methyl/N-ethyl adjacent to an activating group) is 1. The highest BCUT2D eigenvalue weighted by atomic mass is 16.4. The fourth-order valence-electron chi connectivity index (χ4n) is 1.92. The average Bonchev–Trinajstić information content (AvgIpc) is 2.91. The monoisotopic (exact) mass is 353 g/mol. The molecule has 1 unspecified atom stereocenters. The Morgan fingerprint density at radius 3 is 2.64 bits per heavy atom. The van der Waals surface area contributed by atoms with Crippen molar-refractivity contribution in [3.63, 3.8) is 0 Å². The first-order chi connectivity index (χ1) is 11.7. The number of hydrogen-bond donors (Lipinski definition) is 5. The van der Waals surface area contributed by atoms with Crippen molar-refractivity contribution in [1.29, 1.82) is 5.41 Å². The van der Waals surface area contributed by atoms with Crippen molar-refractivity contribution in [2.45, 2.75) is 18.9 Å². The van der Waals surface area contributed by atoms with Crippen LogP contribution in [0.1, 0.15) is 12.1 Å². The topological polar surface area (TPSA) is 166 Å². The molecule has 11 heteroatoms. The molecule has 1 rings (SSSR count). The lowest BCUT2D eigenvalue weighted by atomic mass is 10.1. The molecule has 2 amide bonds. The minimum atomic E-state index is -1.16. The van der Waals surface area contributed by atoms with Crippen LogP contribution in [-0.4, -0.2) is 69.5 Å². The normalized spacial score (nSPS) is 11.4. The lowest BCUT2D eigenvalue weighted by Crippen LogP contribution is -2.44. The second kappa shape index (κ2) is 9.25. The predicted octanol–water partition coefficient (Wildman–Crippen LogP) is -2.14. The quantitative estimate of drug-likeness (QED) is 0.249. The highest BCUT2D eigenvalue weighted by Gasteiger charge is 2.21. The van der Waals surface area contributed by atoms with E-state index in [2.05, 4.69) is 15.6 Å².